The van der Waals surface area contributed by atoms with Gasteiger partial charge in [0.15, 0.2) is 0 Å². The molecule has 3 heteroatoms. The fourth-order valence-electron chi connectivity index (χ4n) is 1.76. The zero-order valence-corrected chi connectivity index (χ0v) is 11.7. The van der Waals surface area contributed by atoms with Crippen molar-refractivity contribution >= 4 is 18.1 Å². The number of carbonyl (C=O) groups excluding carboxylic acids is 1. The lowest BCUT2D eigenvalue weighted by molar-refractivity contribution is -0.131. The molecule has 0 saturated carbocycles. The van der Waals surface area contributed by atoms with Gasteiger partial charge in [-0.2, -0.15) is 0 Å². The predicted octanol–water partition coefficient (Wildman–Crippen LogP) is 4.22. The van der Waals surface area contributed by atoms with E-state index in [2.05, 4.69) is 0 Å². The number of hydrogen-bond acceptors (Lipinski definition) is 3. The SMILES string of the molecule is CC(=O)Oc1ccc(C=CC(O)=Cc2ccccc2)cc1. The lowest BCUT2D eigenvalue weighted by Crippen LogP contribution is -2.00. The zero-order chi connectivity index (χ0) is 15.1. The Labute approximate surface area is 123 Å². The van der Waals surface area contributed by atoms with Crippen LogP contribution in [0.25, 0.3) is 12.2 Å². The molecule has 0 heterocycles. The van der Waals surface area contributed by atoms with Crippen molar-refractivity contribution in [2.45, 2.75) is 6.92 Å². The van der Waals surface area contributed by atoms with Crippen molar-refractivity contribution in [1.29, 1.82) is 0 Å². The molecule has 2 aromatic carbocycles. The van der Waals surface area contributed by atoms with Crippen LogP contribution >= 0.6 is 0 Å². The number of aliphatic hydroxyl groups excluding tert-OH is 1. The van der Waals surface area contributed by atoms with Gasteiger partial charge in [-0.15, -0.1) is 0 Å². The average molecular weight is 280 g/mol. The fraction of sp³-hybridized carbons (Fsp3) is 0.0556. The molecule has 0 aliphatic carbocycles. The van der Waals surface area contributed by atoms with Crippen LogP contribution in [0.3, 0.4) is 0 Å². The zero-order valence-electron chi connectivity index (χ0n) is 11.7. The first-order chi connectivity index (χ1) is 10.1. The minimum Gasteiger partial charge on any atom is -0.508 e. The van der Waals surface area contributed by atoms with Crippen LogP contribution < -0.4 is 4.74 Å². The van der Waals surface area contributed by atoms with E-state index >= 15 is 0 Å². The molecule has 0 aromatic heterocycles. The van der Waals surface area contributed by atoms with E-state index in [9.17, 15) is 9.90 Å². The molecule has 0 fully saturated rings. The second kappa shape index (κ2) is 7.10. The van der Waals surface area contributed by atoms with Crippen molar-refractivity contribution in [3.63, 3.8) is 0 Å². The molecule has 0 spiro atoms. The Balaban J connectivity index is 2.03. The molecule has 0 aliphatic rings. The summed E-state index contributed by atoms with van der Waals surface area (Å²) >= 11 is 0. The number of esters is 1. The number of allylic oxidation sites excluding steroid dienone is 1. The number of carbonyl (C=O) groups is 1. The summed E-state index contributed by atoms with van der Waals surface area (Å²) in [7, 11) is 0. The van der Waals surface area contributed by atoms with Crippen molar-refractivity contribution in [1.82, 2.24) is 0 Å². The van der Waals surface area contributed by atoms with Crippen molar-refractivity contribution in [3.8, 4) is 5.75 Å². The molecule has 0 aliphatic heterocycles. The summed E-state index contributed by atoms with van der Waals surface area (Å²) in [6.45, 7) is 1.36. The Morgan fingerprint density at radius 2 is 1.67 bits per heavy atom. The van der Waals surface area contributed by atoms with Gasteiger partial charge in [-0.1, -0.05) is 48.5 Å². The average Bonchev–Trinajstić information content (AvgIpc) is 2.47. The molecule has 3 nitrogen and oxygen atoms in total. The quantitative estimate of drug-likeness (QED) is 0.394. The molecule has 2 aromatic rings. The van der Waals surface area contributed by atoms with E-state index in [1.807, 2.05) is 42.5 Å². The van der Waals surface area contributed by atoms with Crippen LogP contribution in [0.2, 0.25) is 0 Å². The summed E-state index contributed by atoms with van der Waals surface area (Å²) in [5.74, 6) is 0.329. The smallest absolute Gasteiger partial charge is 0.308 e. The van der Waals surface area contributed by atoms with E-state index in [4.69, 9.17) is 4.74 Å². The molecule has 0 unspecified atom stereocenters. The summed E-state index contributed by atoms with van der Waals surface area (Å²) in [5.41, 5.74) is 1.84. The Morgan fingerprint density at radius 3 is 2.29 bits per heavy atom. The van der Waals surface area contributed by atoms with Crippen LogP contribution in [0, 0.1) is 0 Å². The monoisotopic (exact) mass is 280 g/mol. The highest BCUT2D eigenvalue weighted by Gasteiger charge is 1.97. The van der Waals surface area contributed by atoms with E-state index in [-0.39, 0.29) is 11.7 Å². The Morgan fingerprint density at radius 1 is 1.00 bits per heavy atom. The molecule has 0 amide bonds. The summed E-state index contributed by atoms with van der Waals surface area (Å²) in [4.78, 5) is 10.8. The topological polar surface area (TPSA) is 46.5 Å². The number of ether oxygens (including phenoxy) is 1. The maximum absolute atomic E-state index is 10.8. The highest BCUT2D eigenvalue weighted by molar-refractivity contribution is 5.69. The first kappa shape index (κ1) is 14.6. The van der Waals surface area contributed by atoms with Crippen LogP contribution in [-0.4, -0.2) is 11.1 Å². The maximum atomic E-state index is 10.8. The molecular weight excluding hydrogens is 264 g/mol. The Bertz CT molecular complexity index is 653. The van der Waals surface area contributed by atoms with Crippen molar-refractivity contribution < 1.29 is 14.6 Å². The molecule has 0 saturated heterocycles. The standard InChI is InChI=1S/C18H16O3/c1-14(19)21-18-11-8-15(9-12-18)7-10-17(20)13-16-5-3-2-4-6-16/h2-13,20H,1H3. The Hall–Kier alpha value is -2.81. The minimum absolute atomic E-state index is 0.172. The summed E-state index contributed by atoms with van der Waals surface area (Å²) in [5, 5.41) is 9.84. The predicted molar refractivity (Wildman–Crippen MR) is 83.8 cm³/mol. The molecule has 106 valence electrons. The Kier molecular flexibility index (Phi) is 4.94. The first-order valence-electron chi connectivity index (χ1n) is 6.56. The highest BCUT2D eigenvalue weighted by atomic mass is 16.5. The van der Waals surface area contributed by atoms with Crippen LogP contribution in [0.5, 0.6) is 5.75 Å². The van der Waals surface area contributed by atoms with Gasteiger partial charge < -0.3 is 9.84 Å². The second-order valence-corrected chi connectivity index (χ2v) is 4.48. The van der Waals surface area contributed by atoms with Gasteiger partial charge in [0.25, 0.3) is 0 Å². The lowest BCUT2D eigenvalue weighted by Gasteiger charge is -2.00. The van der Waals surface area contributed by atoms with Gasteiger partial charge in [0.05, 0.1) is 0 Å². The highest BCUT2D eigenvalue weighted by Crippen LogP contribution is 2.14. The summed E-state index contributed by atoms with van der Waals surface area (Å²) < 4.78 is 4.95. The summed E-state index contributed by atoms with van der Waals surface area (Å²) in [6.07, 6.45) is 5.09. The van der Waals surface area contributed by atoms with E-state index in [0.717, 1.165) is 11.1 Å². The maximum Gasteiger partial charge on any atom is 0.308 e. The molecule has 0 radical (unpaired) electrons. The van der Waals surface area contributed by atoms with Crippen LogP contribution in [-0.2, 0) is 4.79 Å². The largest absolute Gasteiger partial charge is 0.508 e. The normalized spacial score (nSPS) is 11.6. The molecular formula is C18H16O3. The fourth-order valence-corrected chi connectivity index (χ4v) is 1.76. The van der Waals surface area contributed by atoms with Gasteiger partial charge >= 0.3 is 5.97 Å². The molecule has 21 heavy (non-hydrogen) atoms. The first-order valence-corrected chi connectivity index (χ1v) is 6.56. The number of hydrogen-bond donors (Lipinski definition) is 1. The van der Waals surface area contributed by atoms with E-state index in [1.54, 1.807) is 30.4 Å². The van der Waals surface area contributed by atoms with E-state index < -0.39 is 0 Å². The summed E-state index contributed by atoms with van der Waals surface area (Å²) in [6, 6.07) is 16.6. The van der Waals surface area contributed by atoms with Gasteiger partial charge in [-0.25, -0.2) is 0 Å². The minimum atomic E-state index is -0.346. The van der Waals surface area contributed by atoms with Gasteiger partial charge in [0.1, 0.15) is 11.5 Å². The lowest BCUT2D eigenvalue weighted by atomic mass is 10.1. The van der Waals surface area contributed by atoms with Gasteiger partial charge in [0.2, 0.25) is 0 Å². The number of rotatable bonds is 4. The van der Waals surface area contributed by atoms with Gasteiger partial charge in [0, 0.05) is 6.92 Å². The van der Waals surface area contributed by atoms with Crippen LogP contribution in [0.15, 0.2) is 66.4 Å². The van der Waals surface area contributed by atoms with Crippen molar-refractivity contribution in [2.75, 3.05) is 0 Å². The molecule has 1 N–H and O–H groups in total. The van der Waals surface area contributed by atoms with Crippen LogP contribution in [0.4, 0.5) is 0 Å². The molecule has 2 rings (SSSR count). The van der Waals surface area contributed by atoms with Crippen molar-refractivity contribution in [2.24, 2.45) is 0 Å². The third-order valence-corrected chi connectivity index (χ3v) is 2.70. The molecule has 0 bridgehead atoms. The van der Waals surface area contributed by atoms with E-state index in [0.29, 0.717) is 5.75 Å². The third kappa shape index (κ3) is 4.99. The van der Waals surface area contributed by atoms with Crippen LogP contribution in [0.1, 0.15) is 18.1 Å². The van der Waals surface area contributed by atoms with E-state index in [1.165, 1.54) is 6.92 Å². The number of benzene rings is 2. The van der Waals surface area contributed by atoms with Gasteiger partial charge in [-0.05, 0) is 35.4 Å². The van der Waals surface area contributed by atoms with Gasteiger partial charge in [-0.3, -0.25) is 4.79 Å². The van der Waals surface area contributed by atoms with Crippen molar-refractivity contribution in [3.05, 3.63) is 77.6 Å². The number of aliphatic hydroxyl groups is 1. The second-order valence-electron chi connectivity index (χ2n) is 4.48. The third-order valence-electron chi connectivity index (χ3n) is 2.70. The molecule has 0 atom stereocenters.